The van der Waals surface area contributed by atoms with Crippen LogP contribution in [0.3, 0.4) is 0 Å². The molecule has 0 saturated carbocycles. The third-order valence-corrected chi connectivity index (χ3v) is 12.3. The maximum atomic E-state index is 12.5. The molecule has 9 rings (SSSR count). The minimum absolute atomic E-state index is 0.0710. The molecule has 362 valence electrons. The monoisotopic (exact) mass is 956 g/mol. The molecule has 0 spiro atoms. The van der Waals surface area contributed by atoms with E-state index in [0.29, 0.717) is 56.1 Å². The normalized spacial score (nSPS) is 12.1. The van der Waals surface area contributed by atoms with Gasteiger partial charge in [0.25, 0.3) is 0 Å². The maximum absolute atomic E-state index is 12.5. The minimum atomic E-state index is -0.341. The Bertz CT molecular complexity index is 3300. The molecule has 7 heterocycles. The van der Waals surface area contributed by atoms with Crippen molar-refractivity contribution in [3.05, 3.63) is 131 Å². The van der Waals surface area contributed by atoms with Crippen LogP contribution in [0.15, 0.2) is 97.1 Å². The quantitative estimate of drug-likeness (QED) is 0.0864. The molecule has 72 heavy (non-hydrogen) atoms. The van der Waals surface area contributed by atoms with Gasteiger partial charge in [0.05, 0.1) is 22.8 Å². The Morgan fingerprint density at radius 3 is 0.847 bits per heavy atom. The Morgan fingerprint density at radius 2 is 0.611 bits per heavy atom. The smallest absolute Gasteiger partial charge is 0.222 e. The Labute approximate surface area is 417 Å². The van der Waals surface area contributed by atoms with Crippen molar-refractivity contribution in [2.45, 2.75) is 80.1 Å². The van der Waals surface area contributed by atoms with Gasteiger partial charge >= 0.3 is 0 Å². The maximum Gasteiger partial charge on any atom is 0.222 e. The second kappa shape index (κ2) is 18.9. The van der Waals surface area contributed by atoms with E-state index in [0.717, 1.165) is 33.3 Å². The molecule has 14 heteroatoms. The lowest BCUT2D eigenvalue weighted by Crippen LogP contribution is -2.11. The van der Waals surface area contributed by atoms with E-state index in [1.807, 2.05) is 36.4 Å². The van der Waals surface area contributed by atoms with Crippen LogP contribution in [0.1, 0.15) is 103 Å². The van der Waals surface area contributed by atoms with Crippen molar-refractivity contribution in [1.29, 1.82) is 0 Å². The van der Waals surface area contributed by atoms with Crippen molar-refractivity contribution in [3.63, 3.8) is 0 Å². The van der Waals surface area contributed by atoms with Gasteiger partial charge in [-0.2, -0.15) is 0 Å². The molecule has 6 N–H and O–H groups in total. The van der Waals surface area contributed by atoms with Crippen LogP contribution in [0.5, 0.6) is 0 Å². The van der Waals surface area contributed by atoms with Crippen LogP contribution >= 0.6 is 0 Å². The molecule has 5 aromatic heterocycles. The summed E-state index contributed by atoms with van der Waals surface area (Å²) in [6, 6.07) is 32.2. The predicted molar refractivity (Wildman–Crippen MR) is 291 cm³/mol. The number of fused-ring (bicyclic) bond motifs is 8. The van der Waals surface area contributed by atoms with Crippen LogP contribution < -0.4 is 21.3 Å². The van der Waals surface area contributed by atoms with E-state index in [1.165, 1.54) is 38.8 Å². The zero-order valence-electron chi connectivity index (χ0n) is 42.0. The first-order valence-electron chi connectivity index (χ1n) is 23.7. The molecule has 0 unspecified atom stereocenters. The number of benzene rings is 2. The number of H-pyrrole nitrogens is 2. The van der Waals surface area contributed by atoms with Crippen molar-refractivity contribution < 1.29 is 19.2 Å². The lowest BCUT2D eigenvalue weighted by molar-refractivity contribution is -0.115. The molecule has 2 aliphatic heterocycles. The van der Waals surface area contributed by atoms with Gasteiger partial charge in [-0.25, -0.2) is 19.9 Å². The molecule has 14 nitrogen and oxygen atoms in total. The van der Waals surface area contributed by atoms with E-state index in [4.69, 9.17) is 9.97 Å². The Hall–Kier alpha value is -8.78. The van der Waals surface area contributed by atoms with Crippen LogP contribution in [-0.2, 0) is 30.0 Å². The molecule has 0 fully saturated rings. The SMILES string of the molecule is CC(=O)Nc1cc(-c2c3nc(c(-c4ccc(C(C)(C)C)cc4)c4ccc([nH]4)c(-c4ccc(C(C)(C)C)cc4)c4nc(c(-c5cc(NC(C)=O)nc(NC(C)=O)c5)c5ccc2[nH]5)C=C4)C=C3)cc(NC(C)=O)n1. The van der Waals surface area contributed by atoms with Crippen molar-refractivity contribution in [2.24, 2.45) is 0 Å². The lowest BCUT2D eigenvalue weighted by atomic mass is 9.86. The number of pyridine rings is 2. The number of hydrogen-bond donors (Lipinski definition) is 6. The fourth-order valence-electron chi connectivity index (χ4n) is 9.02. The van der Waals surface area contributed by atoms with E-state index < -0.39 is 0 Å². The summed E-state index contributed by atoms with van der Waals surface area (Å²) < 4.78 is 0. The van der Waals surface area contributed by atoms with Crippen LogP contribution in [0, 0.1) is 0 Å². The number of carbonyl (C=O) groups is 4. The number of nitrogens with zero attached hydrogens (tertiary/aromatic N) is 4. The highest BCUT2D eigenvalue weighted by molar-refractivity contribution is 6.02. The average molecular weight is 957 g/mol. The first kappa shape index (κ1) is 48.3. The Morgan fingerprint density at radius 1 is 0.361 bits per heavy atom. The number of carbonyl (C=O) groups excluding carboxylic acids is 4. The summed E-state index contributed by atoms with van der Waals surface area (Å²) in [5, 5.41) is 11.2. The molecule has 2 aromatic carbocycles. The third-order valence-electron chi connectivity index (χ3n) is 12.3. The van der Waals surface area contributed by atoms with E-state index in [1.54, 1.807) is 24.3 Å². The summed E-state index contributed by atoms with van der Waals surface area (Å²) in [4.78, 5) is 77.5. The average Bonchev–Trinajstić information content (AvgIpc) is 4.14. The van der Waals surface area contributed by atoms with Crippen molar-refractivity contribution >= 4 is 93.3 Å². The predicted octanol–water partition coefficient (Wildman–Crippen LogP) is 12.5. The molecule has 0 atom stereocenters. The van der Waals surface area contributed by atoms with Gasteiger partial charge in [-0.15, -0.1) is 0 Å². The first-order valence-corrected chi connectivity index (χ1v) is 23.7. The number of aromatic nitrogens is 6. The van der Waals surface area contributed by atoms with Gasteiger partial charge in [0.15, 0.2) is 0 Å². The van der Waals surface area contributed by atoms with E-state index >= 15 is 0 Å². The van der Waals surface area contributed by atoms with E-state index in [2.05, 4.69) is 143 Å². The van der Waals surface area contributed by atoms with Gasteiger partial charge in [-0.3, -0.25) is 19.2 Å². The van der Waals surface area contributed by atoms with Crippen LogP contribution in [0.2, 0.25) is 0 Å². The third kappa shape index (κ3) is 10.2. The van der Waals surface area contributed by atoms with Crippen molar-refractivity contribution in [3.8, 4) is 44.5 Å². The number of nitrogens with one attached hydrogen (secondary N) is 6. The van der Waals surface area contributed by atoms with Gasteiger partial charge in [0.2, 0.25) is 23.6 Å². The van der Waals surface area contributed by atoms with Gasteiger partial charge < -0.3 is 31.2 Å². The number of anilines is 4. The number of hydrogen-bond acceptors (Lipinski definition) is 8. The number of amides is 4. The van der Waals surface area contributed by atoms with Gasteiger partial charge in [0, 0.05) is 72.0 Å². The first-order chi connectivity index (χ1) is 34.2. The molecule has 0 saturated heterocycles. The van der Waals surface area contributed by atoms with Crippen LogP contribution in [0.25, 0.3) is 90.9 Å². The highest BCUT2D eigenvalue weighted by atomic mass is 16.2. The van der Waals surface area contributed by atoms with Crippen molar-refractivity contribution in [2.75, 3.05) is 21.3 Å². The fourth-order valence-corrected chi connectivity index (χ4v) is 9.02. The zero-order valence-corrected chi connectivity index (χ0v) is 42.0. The standard InChI is InChI=1S/C58H56N10O4/c1-31(69)59-49-27-37(28-50(67-49)60-32(2)70)55-45-23-21-43(64-45)53(35-11-15-39(16-12-35)57(5,6)7)41-19-20-42(63-41)54(36-13-17-40(18-14-36)58(8,9)10)44-22-24-46(65-44)56(48-26-25-47(55)66-48)38-29-51(61-33(3)71)68-52(30-38)62-34(4)72/h11-30,63,66H,1-10H3,(H2,59,60,67,69,70)(H2,61,62,68,71,72). The second-order valence-corrected chi connectivity index (χ2v) is 20.1. The summed E-state index contributed by atoms with van der Waals surface area (Å²) in [6.07, 6.45) is 7.91. The van der Waals surface area contributed by atoms with Crippen LogP contribution in [0.4, 0.5) is 23.3 Å². The Kier molecular flexibility index (Phi) is 12.6. The van der Waals surface area contributed by atoms with Gasteiger partial charge in [-0.1, -0.05) is 90.1 Å². The molecule has 4 amide bonds. The van der Waals surface area contributed by atoms with Crippen LogP contribution in [-0.4, -0.2) is 53.5 Å². The zero-order chi connectivity index (χ0) is 51.2. The summed E-state index contributed by atoms with van der Waals surface area (Å²) in [6.45, 7) is 18.7. The largest absolute Gasteiger partial charge is 0.354 e. The summed E-state index contributed by atoms with van der Waals surface area (Å²) in [5.74, 6) is -0.471. The molecule has 0 radical (unpaired) electrons. The van der Waals surface area contributed by atoms with E-state index in [-0.39, 0.29) is 57.7 Å². The fraction of sp³-hybridized carbons (Fsp3) is 0.207. The highest BCUT2D eigenvalue weighted by Gasteiger charge is 2.23. The molecule has 2 aliphatic rings. The van der Waals surface area contributed by atoms with Gasteiger partial charge in [-0.05, 0) is 117 Å². The second-order valence-electron chi connectivity index (χ2n) is 20.1. The van der Waals surface area contributed by atoms with Gasteiger partial charge in [0.1, 0.15) is 23.3 Å². The lowest BCUT2D eigenvalue weighted by Gasteiger charge is -2.19. The highest BCUT2D eigenvalue weighted by Crippen LogP contribution is 2.41. The molecule has 0 aliphatic carbocycles. The minimum Gasteiger partial charge on any atom is -0.354 e. The molecular weight excluding hydrogens is 901 g/mol. The summed E-state index contributed by atoms with van der Waals surface area (Å²) >= 11 is 0. The summed E-state index contributed by atoms with van der Waals surface area (Å²) in [5.41, 5.74) is 13.8. The molecule has 7 aromatic rings. The molecule has 8 bridgehead atoms. The topological polar surface area (TPSA) is 200 Å². The number of rotatable bonds is 8. The molecular formula is C58H56N10O4. The van der Waals surface area contributed by atoms with E-state index in [9.17, 15) is 19.2 Å². The summed E-state index contributed by atoms with van der Waals surface area (Å²) in [7, 11) is 0. The number of aromatic amines is 2. The Balaban J connectivity index is 1.46. The van der Waals surface area contributed by atoms with Crippen molar-refractivity contribution in [1.82, 2.24) is 29.9 Å².